The van der Waals surface area contributed by atoms with Crippen molar-refractivity contribution in [1.82, 2.24) is 5.32 Å². The summed E-state index contributed by atoms with van der Waals surface area (Å²) in [7, 11) is -3.63. The van der Waals surface area contributed by atoms with E-state index in [1.54, 1.807) is 24.3 Å². The first-order chi connectivity index (χ1) is 15.4. The van der Waals surface area contributed by atoms with Crippen LogP contribution < -0.4 is 5.32 Å². The Morgan fingerprint density at radius 2 is 1.50 bits per heavy atom. The second-order valence-corrected chi connectivity index (χ2v) is 9.43. The molecule has 0 atom stereocenters. The van der Waals surface area contributed by atoms with Crippen molar-refractivity contribution >= 4 is 15.7 Å². The number of amides is 1. The van der Waals surface area contributed by atoms with E-state index >= 15 is 0 Å². The summed E-state index contributed by atoms with van der Waals surface area (Å²) in [6.07, 6.45) is 0. The van der Waals surface area contributed by atoms with Crippen LogP contribution in [0.4, 0.5) is 0 Å². The minimum Gasteiger partial charge on any atom is -0.372 e. The van der Waals surface area contributed by atoms with Gasteiger partial charge in [0, 0.05) is 6.54 Å². The number of benzene rings is 3. The van der Waals surface area contributed by atoms with E-state index in [1.165, 1.54) is 0 Å². The Morgan fingerprint density at radius 3 is 2.19 bits per heavy atom. The molecule has 0 spiro atoms. The highest BCUT2D eigenvalue weighted by atomic mass is 32.2. The second-order valence-electron chi connectivity index (χ2n) is 7.36. The van der Waals surface area contributed by atoms with Crippen molar-refractivity contribution < 1.29 is 17.9 Å². The van der Waals surface area contributed by atoms with E-state index in [0.29, 0.717) is 24.3 Å². The fraction of sp³-hybridized carbons (Fsp3) is 0.200. The molecule has 164 valence electrons. The van der Waals surface area contributed by atoms with Gasteiger partial charge in [0.2, 0.25) is 5.91 Å². The van der Waals surface area contributed by atoms with Gasteiger partial charge in [0.05, 0.1) is 30.6 Å². The van der Waals surface area contributed by atoms with Crippen LogP contribution in [-0.4, -0.2) is 20.1 Å². The molecular formula is C25H24N2O4S. The third-order valence-corrected chi connectivity index (χ3v) is 6.26. The first-order valence-electron chi connectivity index (χ1n) is 10.1. The van der Waals surface area contributed by atoms with Gasteiger partial charge in [-0.05, 0) is 34.4 Å². The van der Waals surface area contributed by atoms with E-state index in [-0.39, 0.29) is 12.3 Å². The molecule has 3 aromatic rings. The molecule has 0 aliphatic heterocycles. The number of rotatable bonds is 10. The molecule has 0 unspecified atom stereocenters. The first kappa shape index (κ1) is 23.2. The number of carbonyl (C=O) groups is 1. The van der Waals surface area contributed by atoms with Crippen molar-refractivity contribution in [3.63, 3.8) is 0 Å². The average Bonchev–Trinajstić information content (AvgIpc) is 2.79. The normalized spacial score (nSPS) is 11.0. The predicted molar refractivity (Wildman–Crippen MR) is 122 cm³/mol. The highest BCUT2D eigenvalue weighted by Crippen LogP contribution is 2.12. The number of nitrogens with one attached hydrogen (secondary N) is 1. The minimum atomic E-state index is -3.63. The van der Waals surface area contributed by atoms with Crippen molar-refractivity contribution in [2.45, 2.75) is 25.5 Å². The summed E-state index contributed by atoms with van der Waals surface area (Å²) >= 11 is 0. The lowest BCUT2D eigenvalue weighted by Crippen LogP contribution is -2.30. The van der Waals surface area contributed by atoms with Crippen LogP contribution in [0.2, 0.25) is 0 Å². The molecule has 0 aliphatic rings. The molecule has 0 fully saturated rings. The molecular weight excluding hydrogens is 424 g/mol. The smallest absolute Gasteiger partial charge is 0.235 e. The zero-order chi connectivity index (χ0) is 22.8. The fourth-order valence-electron chi connectivity index (χ4n) is 3.15. The third kappa shape index (κ3) is 7.34. The van der Waals surface area contributed by atoms with Crippen LogP contribution in [0, 0.1) is 11.3 Å². The Hall–Kier alpha value is -3.47. The zero-order valence-corrected chi connectivity index (χ0v) is 18.3. The van der Waals surface area contributed by atoms with Crippen molar-refractivity contribution in [1.29, 1.82) is 5.26 Å². The Kier molecular flexibility index (Phi) is 8.14. The highest BCUT2D eigenvalue weighted by molar-refractivity contribution is 7.91. The lowest BCUT2D eigenvalue weighted by atomic mass is 10.1. The van der Waals surface area contributed by atoms with Crippen molar-refractivity contribution in [3.8, 4) is 6.07 Å². The molecule has 0 radical (unpaired) electrons. The van der Waals surface area contributed by atoms with Gasteiger partial charge < -0.3 is 10.1 Å². The van der Waals surface area contributed by atoms with Crippen LogP contribution in [0.15, 0.2) is 78.9 Å². The lowest BCUT2D eigenvalue weighted by molar-refractivity contribution is -0.118. The Bertz CT molecular complexity index is 1180. The van der Waals surface area contributed by atoms with Gasteiger partial charge in [-0.2, -0.15) is 5.26 Å². The van der Waals surface area contributed by atoms with Crippen LogP contribution in [0.1, 0.15) is 27.8 Å². The zero-order valence-electron chi connectivity index (χ0n) is 17.5. The first-order valence-corrected chi connectivity index (χ1v) is 11.9. The van der Waals surface area contributed by atoms with E-state index in [0.717, 1.165) is 16.7 Å². The third-order valence-electron chi connectivity index (χ3n) is 4.78. The van der Waals surface area contributed by atoms with Gasteiger partial charge in [-0.1, -0.05) is 66.7 Å². The molecule has 1 N–H and O–H groups in total. The number of nitrogens with zero attached hydrogens (tertiary/aromatic N) is 1. The Labute approximate surface area is 188 Å². The molecule has 6 nitrogen and oxygen atoms in total. The molecule has 0 heterocycles. The number of carbonyl (C=O) groups excluding carboxylic acids is 1. The average molecular weight is 449 g/mol. The van der Waals surface area contributed by atoms with E-state index in [4.69, 9.17) is 10.00 Å². The number of nitriles is 1. The molecule has 0 aromatic heterocycles. The molecule has 0 bridgehead atoms. The van der Waals surface area contributed by atoms with Gasteiger partial charge in [0.25, 0.3) is 0 Å². The molecule has 0 saturated heterocycles. The number of ether oxygens (including phenoxy) is 1. The molecule has 0 saturated carbocycles. The van der Waals surface area contributed by atoms with Gasteiger partial charge >= 0.3 is 0 Å². The maximum absolute atomic E-state index is 12.4. The van der Waals surface area contributed by atoms with Crippen LogP contribution in [0.25, 0.3) is 0 Å². The van der Waals surface area contributed by atoms with E-state index < -0.39 is 21.5 Å². The Morgan fingerprint density at radius 1 is 0.844 bits per heavy atom. The van der Waals surface area contributed by atoms with Crippen LogP contribution >= 0.6 is 0 Å². The Balaban J connectivity index is 1.51. The summed E-state index contributed by atoms with van der Waals surface area (Å²) in [5, 5.41) is 11.5. The quantitative estimate of drug-likeness (QED) is 0.512. The van der Waals surface area contributed by atoms with Gasteiger partial charge in [0.15, 0.2) is 9.84 Å². The number of sulfone groups is 1. The van der Waals surface area contributed by atoms with Gasteiger partial charge in [-0.3, -0.25) is 4.79 Å². The largest absolute Gasteiger partial charge is 0.372 e. The van der Waals surface area contributed by atoms with E-state index in [2.05, 4.69) is 5.32 Å². The van der Waals surface area contributed by atoms with Crippen LogP contribution in [0.5, 0.6) is 0 Å². The monoisotopic (exact) mass is 448 g/mol. The lowest BCUT2D eigenvalue weighted by Gasteiger charge is -2.12. The minimum absolute atomic E-state index is 0.218. The summed E-state index contributed by atoms with van der Waals surface area (Å²) in [6, 6.07) is 25.7. The SMILES string of the molecule is N#Cc1ccc(CS(=O)(=O)CC(=O)NCc2ccccc2COCc2ccccc2)cc1. The van der Waals surface area contributed by atoms with Crippen molar-refractivity contribution in [2.75, 3.05) is 5.75 Å². The van der Waals surface area contributed by atoms with E-state index in [9.17, 15) is 13.2 Å². The fourth-order valence-corrected chi connectivity index (χ4v) is 4.45. The standard InChI is InChI=1S/C25H24N2O4S/c26-14-20-10-12-22(13-11-20)18-32(29,30)19-25(28)27-15-23-8-4-5-9-24(23)17-31-16-21-6-2-1-3-7-21/h1-13H,15-19H2,(H,27,28). The number of hydrogen-bond acceptors (Lipinski definition) is 5. The van der Waals surface area contributed by atoms with Crippen LogP contribution in [0.3, 0.4) is 0 Å². The summed E-state index contributed by atoms with van der Waals surface area (Å²) in [5.74, 6) is -1.41. The van der Waals surface area contributed by atoms with Gasteiger partial charge in [-0.15, -0.1) is 0 Å². The molecule has 1 amide bonds. The summed E-state index contributed by atoms with van der Waals surface area (Å²) in [4.78, 5) is 12.3. The predicted octanol–water partition coefficient (Wildman–Crippen LogP) is 3.51. The van der Waals surface area contributed by atoms with Gasteiger partial charge in [0.1, 0.15) is 5.75 Å². The molecule has 3 rings (SSSR count). The topological polar surface area (TPSA) is 96.3 Å². The highest BCUT2D eigenvalue weighted by Gasteiger charge is 2.17. The summed E-state index contributed by atoms with van der Waals surface area (Å²) in [5.41, 5.74) is 3.88. The maximum atomic E-state index is 12.4. The summed E-state index contributed by atoms with van der Waals surface area (Å²) < 4.78 is 30.5. The van der Waals surface area contributed by atoms with Crippen molar-refractivity contribution in [2.24, 2.45) is 0 Å². The van der Waals surface area contributed by atoms with Crippen molar-refractivity contribution in [3.05, 3.63) is 107 Å². The maximum Gasteiger partial charge on any atom is 0.235 e. The number of hydrogen-bond donors (Lipinski definition) is 1. The molecule has 0 aliphatic carbocycles. The van der Waals surface area contributed by atoms with E-state index in [1.807, 2.05) is 60.7 Å². The molecule has 3 aromatic carbocycles. The molecule has 32 heavy (non-hydrogen) atoms. The summed E-state index contributed by atoms with van der Waals surface area (Å²) in [6.45, 7) is 1.09. The second kappa shape index (κ2) is 11.2. The van der Waals surface area contributed by atoms with Gasteiger partial charge in [-0.25, -0.2) is 8.42 Å². The van der Waals surface area contributed by atoms with Crippen LogP contribution in [-0.2, 0) is 44.9 Å². The molecule has 7 heteroatoms.